The number of benzene rings is 2. The van der Waals surface area contributed by atoms with Crippen molar-refractivity contribution in [2.45, 2.75) is 6.92 Å². The van der Waals surface area contributed by atoms with Crippen molar-refractivity contribution >= 4 is 39.7 Å². The Balaban J connectivity index is 1.71. The van der Waals surface area contributed by atoms with E-state index in [-0.39, 0.29) is 23.8 Å². The topological polar surface area (TPSA) is 101 Å². The van der Waals surface area contributed by atoms with Gasteiger partial charge in [-0.05, 0) is 25.1 Å². The highest BCUT2D eigenvalue weighted by Gasteiger charge is 2.27. The van der Waals surface area contributed by atoms with Crippen LogP contribution < -0.4 is 10.6 Å². The fourth-order valence-corrected chi connectivity index (χ4v) is 3.10. The number of ether oxygens (including phenoxy) is 1. The predicted octanol–water partition coefficient (Wildman–Crippen LogP) is 3.52. The third kappa shape index (κ3) is 3.03. The molecule has 1 aromatic heterocycles. The lowest BCUT2D eigenvalue weighted by atomic mass is 10.1. The molecule has 2 heterocycles. The van der Waals surface area contributed by atoms with Crippen LogP contribution in [0.3, 0.4) is 0 Å². The number of amides is 1. The van der Waals surface area contributed by atoms with E-state index in [9.17, 15) is 14.7 Å². The minimum absolute atomic E-state index is 0.182. The lowest BCUT2D eigenvalue weighted by Gasteiger charge is -2.09. The van der Waals surface area contributed by atoms with Gasteiger partial charge >= 0.3 is 5.97 Å². The second-order valence-corrected chi connectivity index (χ2v) is 6.17. The molecule has 0 saturated carbocycles. The zero-order valence-corrected chi connectivity index (χ0v) is 15.0. The van der Waals surface area contributed by atoms with Crippen molar-refractivity contribution in [1.82, 2.24) is 4.98 Å². The minimum Gasteiger partial charge on any atom is -0.507 e. The highest BCUT2D eigenvalue weighted by molar-refractivity contribution is 6.31. The molecule has 28 heavy (non-hydrogen) atoms. The number of fused-ring (bicyclic) bond motifs is 2. The Kier molecular flexibility index (Phi) is 4.41. The molecule has 140 valence electrons. The maximum absolute atomic E-state index is 12.4. The number of hydrogen-bond donors (Lipinski definition) is 3. The molecule has 0 unspecified atom stereocenters. The number of anilines is 2. The zero-order chi connectivity index (χ0) is 19.7. The monoisotopic (exact) mass is 375 g/mol. The highest BCUT2D eigenvalue weighted by Crippen LogP contribution is 2.33. The first kappa shape index (κ1) is 17.5. The summed E-state index contributed by atoms with van der Waals surface area (Å²) in [6, 6.07) is 12.3. The summed E-state index contributed by atoms with van der Waals surface area (Å²) < 4.78 is 5.00. The maximum atomic E-state index is 12.4. The van der Waals surface area contributed by atoms with E-state index in [2.05, 4.69) is 15.6 Å². The second-order valence-electron chi connectivity index (χ2n) is 6.17. The summed E-state index contributed by atoms with van der Waals surface area (Å²) in [5, 5.41) is 17.3. The Hall–Kier alpha value is -3.87. The summed E-state index contributed by atoms with van der Waals surface area (Å²) in [6.07, 6.45) is 2.94. The number of carbonyl (C=O) groups excluding carboxylic acids is 2. The van der Waals surface area contributed by atoms with Gasteiger partial charge in [-0.3, -0.25) is 4.79 Å². The zero-order valence-electron chi connectivity index (χ0n) is 15.0. The van der Waals surface area contributed by atoms with E-state index in [0.29, 0.717) is 22.3 Å². The number of hydrogen-bond acceptors (Lipinski definition) is 6. The van der Waals surface area contributed by atoms with Crippen LogP contribution in [0.4, 0.5) is 11.5 Å². The largest absolute Gasteiger partial charge is 0.507 e. The molecule has 0 spiro atoms. The maximum Gasteiger partial charge on any atom is 0.339 e. The van der Waals surface area contributed by atoms with Crippen LogP contribution in [0.15, 0.2) is 54.9 Å². The van der Waals surface area contributed by atoms with Gasteiger partial charge < -0.3 is 20.5 Å². The van der Waals surface area contributed by atoms with Gasteiger partial charge in [-0.2, -0.15) is 0 Å². The van der Waals surface area contributed by atoms with E-state index in [1.54, 1.807) is 31.3 Å². The fourth-order valence-electron chi connectivity index (χ4n) is 3.10. The third-order valence-corrected chi connectivity index (χ3v) is 4.44. The van der Waals surface area contributed by atoms with Crippen molar-refractivity contribution in [3.63, 3.8) is 0 Å². The number of phenolic OH excluding ortho intramolecular Hbond substituents is 1. The van der Waals surface area contributed by atoms with Gasteiger partial charge in [-0.25, -0.2) is 9.78 Å². The van der Waals surface area contributed by atoms with Crippen LogP contribution in [0.25, 0.3) is 16.3 Å². The molecule has 1 aliphatic heterocycles. The van der Waals surface area contributed by atoms with Crippen molar-refractivity contribution in [2.75, 3.05) is 17.2 Å². The van der Waals surface area contributed by atoms with Gasteiger partial charge in [0.25, 0.3) is 5.91 Å². The molecule has 2 aromatic carbocycles. The lowest BCUT2D eigenvalue weighted by Crippen LogP contribution is -2.06. The molecule has 7 heteroatoms. The summed E-state index contributed by atoms with van der Waals surface area (Å²) in [7, 11) is 0. The molecule has 0 fully saturated rings. The molecule has 0 bridgehead atoms. The fraction of sp³-hybridized carbons (Fsp3) is 0.0952. The highest BCUT2D eigenvalue weighted by atomic mass is 16.5. The Morgan fingerprint density at radius 2 is 2.04 bits per heavy atom. The van der Waals surface area contributed by atoms with E-state index < -0.39 is 5.97 Å². The van der Waals surface area contributed by atoms with Crippen molar-refractivity contribution in [1.29, 1.82) is 0 Å². The number of phenols is 1. The average molecular weight is 375 g/mol. The van der Waals surface area contributed by atoms with Crippen LogP contribution in [-0.4, -0.2) is 28.6 Å². The summed E-state index contributed by atoms with van der Waals surface area (Å²) in [6.45, 7) is 1.98. The van der Waals surface area contributed by atoms with Crippen LogP contribution in [0, 0.1) is 0 Å². The van der Waals surface area contributed by atoms with E-state index >= 15 is 0 Å². The SMILES string of the molecule is CCOC(=O)c1cnc2c(c1)/C(=C/Nc1ccc(O)c3ccccc13)C(=O)N2. The van der Waals surface area contributed by atoms with Crippen molar-refractivity contribution < 1.29 is 19.4 Å². The average Bonchev–Trinajstić information content (AvgIpc) is 3.02. The number of esters is 1. The van der Waals surface area contributed by atoms with Gasteiger partial charge in [0, 0.05) is 34.4 Å². The molecular weight excluding hydrogens is 358 g/mol. The van der Waals surface area contributed by atoms with Crippen LogP contribution in [0.2, 0.25) is 0 Å². The minimum atomic E-state index is -0.492. The summed E-state index contributed by atoms with van der Waals surface area (Å²) in [5.74, 6) is -0.240. The van der Waals surface area contributed by atoms with Gasteiger partial charge in [-0.15, -0.1) is 0 Å². The number of aromatic hydroxyl groups is 1. The molecule has 1 amide bonds. The van der Waals surface area contributed by atoms with Crippen LogP contribution in [0.5, 0.6) is 5.75 Å². The first-order valence-corrected chi connectivity index (χ1v) is 8.74. The Labute approximate surface area is 160 Å². The van der Waals surface area contributed by atoms with Gasteiger partial charge in [0.1, 0.15) is 11.6 Å². The number of carbonyl (C=O) groups is 2. The molecule has 3 N–H and O–H groups in total. The van der Waals surface area contributed by atoms with Gasteiger partial charge in [0.15, 0.2) is 0 Å². The van der Waals surface area contributed by atoms with Gasteiger partial charge in [0.2, 0.25) is 0 Å². The normalized spacial score (nSPS) is 14.0. The Morgan fingerprint density at radius 3 is 2.82 bits per heavy atom. The first-order valence-electron chi connectivity index (χ1n) is 8.74. The summed E-state index contributed by atoms with van der Waals surface area (Å²) in [4.78, 5) is 28.5. The molecule has 0 saturated heterocycles. The first-order chi connectivity index (χ1) is 13.6. The number of nitrogens with zero attached hydrogens (tertiary/aromatic N) is 1. The number of pyridine rings is 1. The molecule has 4 rings (SSSR count). The lowest BCUT2D eigenvalue weighted by molar-refractivity contribution is -0.110. The predicted molar refractivity (Wildman–Crippen MR) is 106 cm³/mol. The van der Waals surface area contributed by atoms with Crippen molar-refractivity contribution in [3.8, 4) is 5.75 Å². The quantitative estimate of drug-likeness (QED) is 0.366. The summed E-state index contributed by atoms with van der Waals surface area (Å²) >= 11 is 0. The standard InChI is InChI=1S/C21H17N3O4/c1-2-28-21(27)12-9-15-16(20(26)24-19(15)23-10-12)11-22-17-7-8-18(25)14-6-4-3-5-13(14)17/h3-11,22,25H,2H2,1H3,(H,23,24,26)/b16-11-. The molecule has 0 radical (unpaired) electrons. The molecule has 7 nitrogen and oxygen atoms in total. The molecule has 3 aromatic rings. The Morgan fingerprint density at radius 1 is 1.25 bits per heavy atom. The third-order valence-electron chi connectivity index (χ3n) is 4.44. The van der Waals surface area contributed by atoms with E-state index in [1.165, 1.54) is 6.20 Å². The van der Waals surface area contributed by atoms with E-state index in [0.717, 1.165) is 11.1 Å². The number of nitrogens with one attached hydrogen (secondary N) is 2. The second kappa shape index (κ2) is 7.03. The van der Waals surface area contributed by atoms with Crippen molar-refractivity contribution in [2.24, 2.45) is 0 Å². The summed E-state index contributed by atoms with van der Waals surface area (Å²) in [5.41, 5.74) is 1.88. The number of aromatic nitrogens is 1. The van der Waals surface area contributed by atoms with E-state index in [1.807, 2.05) is 24.3 Å². The number of rotatable bonds is 4. The van der Waals surface area contributed by atoms with Crippen LogP contribution >= 0.6 is 0 Å². The molecule has 0 aliphatic carbocycles. The smallest absolute Gasteiger partial charge is 0.339 e. The molecule has 0 atom stereocenters. The van der Waals surface area contributed by atoms with Crippen LogP contribution in [0.1, 0.15) is 22.8 Å². The van der Waals surface area contributed by atoms with E-state index in [4.69, 9.17) is 4.74 Å². The van der Waals surface area contributed by atoms with Crippen LogP contribution in [-0.2, 0) is 9.53 Å². The molecule has 1 aliphatic rings. The Bertz CT molecular complexity index is 1140. The molecular formula is C21H17N3O4. The van der Waals surface area contributed by atoms with Gasteiger partial charge in [0.05, 0.1) is 17.7 Å². The van der Waals surface area contributed by atoms with Crippen molar-refractivity contribution in [3.05, 3.63) is 66.0 Å². The van der Waals surface area contributed by atoms with Gasteiger partial charge in [-0.1, -0.05) is 24.3 Å².